The molecular formula is C14H16N2O2S. The van der Waals surface area contributed by atoms with Crippen LogP contribution in [0.15, 0.2) is 41.4 Å². The number of ether oxygens (including phenoxy) is 2. The Kier molecular flexibility index (Phi) is 4.52. The Hall–Kier alpha value is -1.88. The van der Waals surface area contributed by atoms with Crippen LogP contribution in [0.1, 0.15) is 5.56 Å². The average molecular weight is 276 g/mol. The van der Waals surface area contributed by atoms with E-state index >= 15 is 0 Å². The fourth-order valence-corrected chi connectivity index (χ4v) is 2.66. The van der Waals surface area contributed by atoms with E-state index in [9.17, 15) is 0 Å². The second-order valence-corrected chi connectivity index (χ2v) is 4.89. The minimum Gasteiger partial charge on any atom is -0.496 e. The second kappa shape index (κ2) is 6.33. The van der Waals surface area contributed by atoms with Gasteiger partial charge in [0.2, 0.25) is 5.88 Å². The van der Waals surface area contributed by atoms with Gasteiger partial charge in [-0.15, -0.1) is 11.8 Å². The van der Waals surface area contributed by atoms with Crippen molar-refractivity contribution in [1.29, 1.82) is 0 Å². The molecule has 2 N–H and O–H groups in total. The Morgan fingerprint density at radius 1 is 1.21 bits per heavy atom. The highest BCUT2D eigenvalue weighted by atomic mass is 32.2. The van der Waals surface area contributed by atoms with Crippen LogP contribution in [0.3, 0.4) is 0 Å². The summed E-state index contributed by atoms with van der Waals surface area (Å²) in [4.78, 5) is 5.22. The Morgan fingerprint density at radius 3 is 2.79 bits per heavy atom. The maximum Gasteiger partial charge on any atom is 0.217 e. The van der Waals surface area contributed by atoms with Gasteiger partial charge in [0.1, 0.15) is 5.75 Å². The van der Waals surface area contributed by atoms with Gasteiger partial charge in [0.25, 0.3) is 0 Å². The van der Waals surface area contributed by atoms with Gasteiger partial charge in [-0.05, 0) is 18.2 Å². The van der Waals surface area contributed by atoms with Crippen molar-refractivity contribution < 1.29 is 9.47 Å². The van der Waals surface area contributed by atoms with E-state index < -0.39 is 0 Å². The first kappa shape index (κ1) is 13.5. The molecule has 0 aliphatic rings. The summed E-state index contributed by atoms with van der Waals surface area (Å²) in [5.74, 6) is 2.20. The van der Waals surface area contributed by atoms with Crippen LogP contribution in [0.2, 0.25) is 0 Å². The maximum atomic E-state index is 5.74. The quantitative estimate of drug-likeness (QED) is 0.672. The monoisotopic (exact) mass is 276 g/mol. The van der Waals surface area contributed by atoms with Gasteiger partial charge < -0.3 is 15.2 Å². The third-order valence-corrected chi connectivity index (χ3v) is 3.72. The predicted molar refractivity (Wildman–Crippen MR) is 77.8 cm³/mol. The zero-order valence-electron chi connectivity index (χ0n) is 10.9. The van der Waals surface area contributed by atoms with Crippen molar-refractivity contribution in [2.24, 2.45) is 0 Å². The Labute approximate surface area is 116 Å². The zero-order chi connectivity index (χ0) is 13.7. The smallest absolute Gasteiger partial charge is 0.217 e. The van der Waals surface area contributed by atoms with Crippen LogP contribution < -0.4 is 15.2 Å². The Morgan fingerprint density at radius 2 is 2.05 bits per heavy atom. The van der Waals surface area contributed by atoms with E-state index in [1.807, 2.05) is 30.3 Å². The van der Waals surface area contributed by atoms with Crippen molar-refractivity contribution in [3.63, 3.8) is 0 Å². The largest absolute Gasteiger partial charge is 0.496 e. The molecule has 0 bridgehead atoms. The molecule has 5 heteroatoms. The molecule has 0 spiro atoms. The normalized spacial score (nSPS) is 10.2. The predicted octanol–water partition coefficient (Wildman–Crippen LogP) is 2.97. The molecule has 1 aromatic heterocycles. The van der Waals surface area contributed by atoms with Gasteiger partial charge in [0.15, 0.2) is 0 Å². The van der Waals surface area contributed by atoms with Gasteiger partial charge in [-0.1, -0.05) is 6.07 Å². The van der Waals surface area contributed by atoms with Crippen LogP contribution in [0.4, 0.5) is 5.69 Å². The molecule has 0 atom stereocenters. The summed E-state index contributed by atoms with van der Waals surface area (Å²) in [6, 6.07) is 9.55. The van der Waals surface area contributed by atoms with E-state index in [-0.39, 0.29) is 0 Å². The van der Waals surface area contributed by atoms with E-state index in [2.05, 4.69) is 4.98 Å². The third kappa shape index (κ3) is 3.32. The standard InChI is InChI=1S/C14H16N2O2S/c1-17-12-8-11(15)5-6-13(12)19-9-10-4-3-7-16-14(10)18-2/h3-8H,9,15H2,1-2H3. The topological polar surface area (TPSA) is 57.4 Å². The second-order valence-electron chi connectivity index (χ2n) is 3.87. The summed E-state index contributed by atoms with van der Waals surface area (Å²) in [6.07, 6.45) is 1.72. The number of hydrogen-bond acceptors (Lipinski definition) is 5. The molecule has 0 amide bonds. The number of hydrogen-bond donors (Lipinski definition) is 1. The summed E-state index contributed by atoms with van der Waals surface area (Å²) in [6.45, 7) is 0. The summed E-state index contributed by atoms with van der Waals surface area (Å²) in [7, 11) is 3.27. The van der Waals surface area contributed by atoms with Crippen LogP contribution >= 0.6 is 11.8 Å². The number of nitrogens with zero attached hydrogens (tertiary/aromatic N) is 1. The highest BCUT2D eigenvalue weighted by molar-refractivity contribution is 7.98. The van der Waals surface area contributed by atoms with E-state index in [4.69, 9.17) is 15.2 Å². The molecule has 100 valence electrons. The lowest BCUT2D eigenvalue weighted by Gasteiger charge is -2.10. The van der Waals surface area contributed by atoms with Crippen LogP contribution in [0.5, 0.6) is 11.6 Å². The molecule has 1 heterocycles. The SMILES string of the molecule is COc1cc(N)ccc1SCc1cccnc1OC. The molecule has 2 rings (SSSR count). The van der Waals surface area contributed by atoms with E-state index in [0.717, 1.165) is 22.0 Å². The van der Waals surface area contributed by atoms with Crippen LogP contribution in [-0.4, -0.2) is 19.2 Å². The van der Waals surface area contributed by atoms with Crippen molar-refractivity contribution in [3.05, 3.63) is 42.1 Å². The van der Waals surface area contributed by atoms with Crippen molar-refractivity contribution in [2.75, 3.05) is 20.0 Å². The van der Waals surface area contributed by atoms with Gasteiger partial charge in [-0.25, -0.2) is 4.98 Å². The summed E-state index contributed by atoms with van der Waals surface area (Å²) >= 11 is 1.66. The maximum absolute atomic E-state index is 5.74. The number of methoxy groups -OCH3 is 2. The molecular weight excluding hydrogens is 260 g/mol. The van der Waals surface area contributed by atoms with E-state index in [1.54, 1.807) is 32.2 Å². The summed E-state index contributed by atoms with van der Waals surface area (Å²) in [5, 5.41) is 0. The molecule has 0 saturated carbocycles. The fraction of sp³-hybridized carbons (Fsp3) is 0.214. The van der Waals surface area contributed by atoms with Crippen molar-refractivity contribution in [1.82, 2.24) is 4.98 Å². The first-order chi connectivity index (χ1) is 9.24. The summed E-state index contributed by atoms with van der Waals surface area (Å²) in [5.41, 5.74) is 7.48. The molecule has 2 aromatic rings. The van der Waals surface area contributed by atoms with Gasteiger partial charge in [-0.2, -0.15) is 0 Å². The zero-order valence-corrected chi connectivity index (χ0v) is 11.7. The van der Waals surface area contributed by atoms with Gasteiger partial charge in [-0.3, -0.25) is 0 Å². The molecule has 19 heavy (non-hydrogen) atoms. The van der Waals surface area contributed by atoms with Crippen LogP contribution in [0, 0.1) is 0 Å². The number of rotatable bonds is 5. The molecule has 0 unspecified atom stereocenters. The Balaban J connectivity index is 2.14. The number of anilines is 1. The molecule has 0 radical (unpaired) electrons. The lowest BCUT2D eigenvalue weighted by molar-refractivity contribution is 0.394. The van der Waals surface area contributed by atoms with Crippen molar-refractivity contribution in [2.45, 2.75) is 10.6 Å². The third-order valence-electron chi connectivity index (χ3n) is 2.61. The summed E-state index contributed by atoms with van der Waals surface area (Å²) < 4.78 is 10.6. The number of benzene rings is 1. The molecule has 0 fully saturated rings. The molecule has 0 aliphatic heterocycles. The fourth-order valence-electron chi connectivity index (χ4n) is 1.68. The highest BCUT2D eigenvalue weighted by Gasteiger charge is 2.08. The van der Waals surface area contributed by atoms with Gasteiger partial charge in [0, 0.05) is 34.2 Å². The number of pyridine rings is 1. The Bertz CT molecular complexity index is 561. The number of aromatic nitrogens is 1. The van der Waals surface area contributed by atoms with Crippen molar-refractivity contribution >= 4 is 17.4 Å². The first-order valence-electron chi connectivity index (χ1n) is 5.78. The first-order valence-corrected chi connectivity index (χ1v) is 6.77. The number of thioether (sulfide) groups is 1. The van der Waals surface area contributed by atoms with Crippen LogP contribution in [-0.2, 0) is 5.75 Å². The van der Waals surface area contributed by atoms with E-state index in [0.29, 0.717) is 11.6 Å². The highest BCUT2D eigenvalue weighted by Crippen LogP contribution is 2.34. The molecule has 0 saturated heterocycles. The number of nitrogen functional groups attached to an aromatic ring is 1. The molecule has 4 nitrogen and oxygen atoms in total. The van der Waals surface area contributed by atoms with E-state index in [1.165, 1.54) is 0 Å². The minimum absolute atomic E-state index is 0.657. The lowest BCUT2D eigenvalue weighted by Crippen LogP contribution is -1.94. The molecule has 1 aromatic carbocycles. The minimum atomic E-state index is 0.657. The lowest BCUT2D eigenvalue weighted by atomic mass is 10.3. The van der Waals surface area contributed by atoms with Gasteiger partial charge >= 0.3 is 0 Å². The number of nitrogens with two attached hydrogens (primary N) is 1. The van der Waals surface area contributed by atoms with Crippen LogP contribution in [0.25, 0.3) is 0 Å². The van der Waals surface area contributed by atoms with Crippen molar-refractivity contribution in [3.8, 4) is 11.6 Å². The van der Waals surface area contributed by atoms with Gasteiger partial charge in [0.05, 0.1) is 14.2 Å². The average Bonchev–Trinajstić information content (AvgIpc) is 2.46. The molecule has 0 aliphatic carbocycles.